The maximum atomic E-state index is 12.5. The molecule has 0 aromatic carbocycles. The minimum absolute atomic E-state index is 0.137. The number of hydrogen-bond acceptors (Lipinski definition) is 4. The van der Waals surface area contributed by atoms with Gasteiger partial charge in [0.15, 0.2) is 0 Å². The highest BCUT2D eigenvalue weighted by Crippen LogP contribution is 2.20. The van der Waals surface area contributed by atoms with Crippen molar-refractivity contribution in [3.05, 3.63) is 59.2 Å². The second-order valence-electron chi connectivity index (χ2n) is 5.59. The Kier molecular flexibility index (Phi) is 5.22. The van der Waals surface area contributed by atoms with Crippen LogP contribution in [0.3, 0.4) is 0 Å². The summed E-state index contributed by atoms with van der Waals surface area (Å²) in [5.41, 5.74) is 8.46. The van der Waals surface area contributed by atoms with Gasteiger partial charge >= 0.3 is 0 Å². The number of aromatic nitrogens is 2. The third-order valence-corrected chi connectivity index (χ3v) is 3.56. The first-order valence-corrected chi connectivity index (χ1v) is 7.41. The van der Waals surface area contributed by atoms with Gasteiger partial charge in [-0.15, -0.1) is 0 Å². The summed E-state index contributed by atoms with van der Waals surface area (Å²) in [6, 6.07) is 9.13. The van der Waals surface area contributed by atoms with Gasteiger partial charge in [0, 0.05) is 12.7 Å². The van der Waals surface area contributed by atoms with Gasteiger partial charge < -0.3 is 11.1 Å². The topological polar surface area (TPSA) is 80.9 Å². The van der Waals surface area contributed by atoms with E-state index in [1.165, 1.54) is 0 Å². The summed E-state index contributed by atoms with van der Waals surface area (Å²) in [6.45, 7) is 6.30. The van der Waals surface area contributed by atoms with Crippen molar-refractivity contribution in [1.29, 1.82) is 0 Å². The van der Waals surface area contributed by atoms with Gasteiger partial charge in [0.1, 0.15) is 0 Å². The van der Waals surface area contributed by atoms with Gasteiger partial charge in [-0.25, -0.2) is 0 Å². The van der Waals surface area contributed by atoms with E-state index in [1.54, 1.807) is 18.3 Å². The lowest BCUT2D eigenvalue weighted by Gasteiger charge is -2.22. The summed E-state index contributed by atoms with van der Waals surface area (Å²) in [6.07, 6.45) is 1.74. The van der Waals surface area contributed by atoms with Gasteiger partial charge in [-0.3, -0.25) is 14.8 Å². The molecule has 0 radical (unpaired) electrons. The smallest absolute Gasteiger partial charge is 0.253 e. The number of hydrogen-bond donors (Lipinski definition) is 2. The van der Waals surface area contributed by atoms with Crippen molar-refractivity contribution in [3.63, 3.8) is 0 Å². The van der Waals surface area contributed by atoms with E-state index in [1.807, 2.05) is 25.1 Å². The maximum Gasteiger partial charge on any atom is 0.253 e. The molecule has 0 aliphatic rings. The Morgan fingerprint density at radius 1 is 1.27 bits per heavy atom. The molecule has 2 aromatic heterocycles. The Bertz CT molecular complexity index is 640. The fourth-order valence-corrected chi connectivity index (χ4v) is 2.33. The van der Waals surface area contributed by atoms with Crippen molar-refractivity contribution in [2.24, 2.45) is 11.7 Å². The molecule has 0 aliphatic carbocycles. The van der Waals surface area contributed by atoms with Crippen LogP contribution in [-0.2, 0) is 6.54 Å². The van der Waals surface area contributed by atoms with Crippen LogP contribution in [0.25, 0.3) is 0 Å². The molecule has 5 heteroatoms. The van der Waals surface area contributed by atoms with Gasteiger partial charge in [0.2, 0.25) is 0 Å². The lowest BCUT2D eigenvalue weighted by Crippen LogP contribution is -2.33. The monoisotopic (exact) mass is 298 g/mol. The van der Waals surface area contributed by atoms with Crippen LogP contribution in [0.1, 0.15) is 47.3 Å². The van der Waals surface area contributed by atoms with E-state index in [0.29, 0.717) is 17.8 Å². The highest BCUT2D eigenvalue weighted by molar-refractivity contribution is 5.95. The second-order valence-corrected chi connectivity index (χ2v) is 5.59. The fourth-order valence-electron chi connectivity index (χ4n) is 2.33. The first kappa shape index (κ1) is 16.1. The Labute approximate surface area is 131 Å². The minimum atomic E-state index is -0.141. The molecule has 0 fully saturated rings. The summed E-state index contributed by atoms with van der Waals surface area (Å²) < 4.78 is 0. The number of carbonyl (C=O) groups excluding carboxylic acids is 1. The number of aryl methyl sites for hydroxylation is 1. The second kappa shape index (κ2) is 7.13. The van der Waals surface area contributed by atoms with Crippen LogP contribution >= 0.6 is 0 Å². The van der Waals surface area contributed by atoms with Crippen LogP contribution in [0.4, 0.5) is 0 Å². The van der Waals surface area contributed by atoms with Crippen molar-refractivity contribution in [2.45, 2.75) is 33.4 Å². The van der Waals surface area contributed by atoms with Gasteiger partial charge in [-0.1, -0.05) is 19.9 Å². The SMILES string of the molecule is Cc1nc(CN)ccc1C(=O)N[C@@H](c1ccccn1)C(C)C. The molecular formula is C17H22N4O. The molecule has 1 atom stereocenters. The Hall–Kier alpha value is -2.27. The molecular weight excluding hydrogens is 276 g/mol. The predicted octanol–water partition coefficient (Wildman–Crippen LogP) is 2.37. The molecule has 0 spiro atoms. The number of pyridine rings is 2. The molecule has 0 saturated carbocycles. The number of nitrogens with zero attached hydrogens (tertiary/aromatic N) is 2. The van der Waals surface area contributed by atoms with E-state index >= 15 is 0 Å². The lowest BCUT2D eigenvalue weighted by molar-refractivity contribution is 0.0923. The summed E-state index contributed by atoms with van der Waals surface area (Å²) in [5, 5.41) is 3.05. The van der Waals surface area contributed by atoms with Crippen molar-refractivity contribution < 1.29 is 4.79 Å². The average molecular weight is 298 g/mol. The normalized spacial score (nSPS) is 12.2. The van der Waals surface area contributed by atoms with Crippen LogP contribution in [0.15, 0.2) is 36.5 Å². The Morgan fingerprint density at radius 2 is 2.05 bits per heavy atom. The minimum Gasteiger partial charge on any atom is -0.343 e. The molecule has 116 valence electrons. The predicted molar refractivity (Wildman–Crippen MR) is 86.1 cm³/mol. The number of nitrogens with two attached hydrogens (primary N) is 1. The molecule has 0 saturated heterocycles. The van der Waals surface area contributed by atoms with Gasteiger partial charge in [0.05, 0.1) is 28.7 Å². The van der Waals surface area contributed by atoms with E-state index in [2.05, 4.69) is 29.1 Å². The number of amides is 1. The van der Waals surface area contributed by atoms with Gasteiger partial charge in [-0.2, -0.15) is 0 Å². The van der Waals surface area contributed by atoms with E-state index in [-0.39, 0.29) is 17.9 Å². The molecule has 0 unspecified atom stereocenters. The average Bonchev–Trinajstić information content (AvgIpc) is 2.52. The highest BCUT2D eigenvalue weighted by atomic mass is 16.1. The molecule has 0 aliphatic heterocycles. The zero-order valence-electron chi connectivity index (χ0n) is 13.2. The summed E-state index contributed by atoms with van der Waals surface area (Å²) in [5.74, 6) is 0.0911. The van der Waals surface area contributed by atoms with E-state index in [0.717, 1.165) is 11.4 Å². The van der Waals surface area contributed by atoms with Crippen LogP contribution in [0, 0.1) is 12.8 Å². The van der Waals surface area contributed by atoms with Crippen molar-refractivity contribution in [1.82, 2.24) is 15.3 Å². The highest BCUT2D eigenvalue weighted by Gasteiger charge is 2.21. The molecule has 2 aromatic rings. The van der Waals surface area contributed by atoms with Crippen LogP contribution < -0.4 is 11.1 Å². The van der Waals surface area contributed by atoms with E-state index in [4.69, 9.17) is 5.73 Å². The first-order chi connectivity index (χ1) is 10.5. The zero-order chi connectivity index (χ0) is 16.1. The Balaban J connectivity index is 2.22. The third-order valence-electron chi connectivity index (χ3n) is 3.56. The third kappa shape index (κ3) is 3.68. The van der Waals surface area contributed by atoms with Gasteiger partial charge in [-0.05, 0) is 37.1 Å². The maximum absolute atomic E-state index is 12.5. The molecule has 2 heterocycles. The molecule has 1 amide bonds. The summed E-state index contributed by atoms with van der Waals surface area (Å²) in [7, 11) is 0. The molecule has 5 nitrogen and oxygen atoms in total. The van der Waals surface area contributed by atoms with Gasteiger partial charge in [0.25, 0.3) is 5.91 Å². The molecule has 0 bridgehead atoms. The van der Waals surface area contributed by atoms with Crippen LogP contribution in [-0.4, -0.2) is 15.9 Å². The van der Waals surface area contributed by atoms with E-state index in [9.17, 15) is 4.79 Å². The lowest BCUT2D eigenvalue weighted by atomic mass is 9.99. The fraction of sp³-hybridized carbons (Fsp3) is 0.353. The number of rotatable bonds is 5. The molecule has 3 N–H and O–H groups in total. The quantitative estimate of drug-likeness (QED) is 0.888. The van der Waals surface area contributed by atoms with Crippen molar-refractivity contribution in [3.8, 4) is 0 Å². The number of carbonyl (C=O) groups is 1. The van der Waals surface area contributed by atoms with Crippen molar-refractivity contribution >= 4 is 5.91 Å². The van der Waals surface area contributed by atoms with Crippen LogP contribution in [0.5, 0.6) is 0 Å². The molecule has 2 rings (SSSR count). The zero-order valence-corrected chi connectivity index (χ0v) is 13.2. The number of nitrogens with one attached hydrogen (secondary N) is 1. The van der Waals surface area contributed by atoms with Crippen LogP contribution in [0.2, 0.25) is 0 Å². The molecule has 22 heavy (non-hydrogen) atoms. The van der Waals surface area contributed by atoms with E-state index < -0.39 is 0 Å². The first-order valence-electron chi connectivity index (χ1n) is 7.41. The largest absolute Gasteiger partial charge is 0.343 e. The summed E-state index contributed by atoms with van der Waals surface area (Å²) >= 11 is 0. The summed E-state index contributed by atoms with van der Waals surface area (Å²) in [4.78, 5) is 21.2. The van der Waals surface area contributed by atoms with Crippen molar-refractivity contribution in [2.75, 3.05) is 0 Å². The standard InChI is InChI=1S/C17H22N4O/c1-11(2)16(15-6-4-5-9-19-15)21-17(22)14-8-7-13(10-18)20-12(14)3/h4-9,11,16H,10,18H2,1-3H3,(H,21,22)/t16-/m1/s1. The Morgan fingerprint density at radius 3 is 2.59 bits per heavy atom.